The quantitative estimate of drug-likeness (QED) is 0.740. The van der Waals surface area contributed by atoms with Crippen molar-refractivity contribution in [1.82, 2.24) is 19.6 Å². The molecule has 0 saturated carbocycles. The number of rotatable bonds is 3. The van der Waals surface area contributed by atoms with Crippen LogP contribution in [0.2, 0.25) is 0 Å². The molecular formula is C12H12N6O2S. The standard InChI is InChI=1S/C12H12N6O2S/c1-8-10(3-2-6-14-8)21(19,20)17-9-4-5-11-15-12(13)16-18(11)7-9/h2-7,17H,1H3,(H2,13,16). The van der Waals surface area contributed by atoms with Crippen LogP contribution in [0, 0.1) is 6.92 Å². The van der Waals surface area contributed by atoms with E-state index in [0.29, 0.717) is 17.0 Å². The SMILES string of the molecule is Cc1ncccc1S(=O)(=O)Nc1ccc2nc(N)nn2c1. The first-order valence-electron chi connectivity index (χ1n) is 6.02. The number of hydrogen-bond donors (Lipinski definition) is 2. The summed E-state index contributed by atoms with van der Waals surface area (Å²) in [5.74, 6) is 0.123. The first kappa shape index (κ1) is 13.3. The van der Waals surface area contributed by atoms with Crippen molar-refractivity contribution in [3.63, 3.8) is 0 Å². The molecule has 8 nitrogen and oxygen atoms in total. The number of aryl methyl sites for hydroxylation is 1. The van der Waals surface area contributed by atoms with E-state index < -0.39 is 10.0 Å². The van der Waals surface area contributed by atoms with Gasteiger partial charge in [0.15, 0.2) is 5.65 Å². The van der Waals surface area contributed by atoms with Crippen molar-refractivity contribution in [2.75, 3.05) is 10.5 Å². The number of nitrogens with two attached hydrogens (primary N) is 1. The Morgan fingerprint density at radius 1 is 1.29 bits per heavy atom. The topological polar surface area (TPSA) is 115 Å². The van der Waals surface area contributed by atoms with E-state index in [1.165, 1.54) is 16.8 Å². The van der Waals surface area contributed by atoms with Crippen molar-refractivity contribution in [2.45, 2.75) is 11.8 Å². The summed E-state index contributed by atoms with van der Waals surface area (Å²) < 4.78 is 28.6. The van der Waals surface area contributed by atoms with Crippen LogP contribution in [0.5, 0.6) is 0 Å². The zero-order valence-corrected chi connectivity index (χ0v) is 11.9. The number of fused-ring (bicyclic) bond motifs is 1. The third kappa shape index (κ3) is 2.50. The molecule has 9 heteroatoms. The number of pyridine rings is 2. The summed E-state index contributed by atoms with van der Waals surface area (Å²) >= 11 is 0. The Balaban J connectivity index is 1.99. The molecule has 0 unspecified atom stereocenters. The van der Waals surface area contributed by atoms with E-state index in [-0.39, 0.29) is 10.8 Å². The van der Waals surface area contributed by atoms with Crippen molar-refractivity contribution in [2.24, 2.45) is 0 Å². The minimum atomic E-state index is -3.71. The van der Waals surface area contributed by atoms with Crippen molar-refractivity contribution in [3.8, 4) is 0 Å². The number of anilines is 2. The fraction of sp³-hybridized carbons (Fsp3) is 0.0833. The number of nitrogens with zero attached hydrogens (tertiary/aromatic N) is 4. The summed E-state index contributed by atoms with van der Waals surface area (Å²) in [6.07, 6.45) is 3.04. The number of aromatic nitrogens is 4. The summed E-state index contributed by atoms with van der Waals surface area (Å²) in [5.41, 5.74) is 6.81. The summed E-state index contributed by atoms with van der Waals surface area (Å²) in [5, 5.41) is 3.93. The molecule has 0 aliphatic carbocycles. The molecule has 3 aromatic heterocycles. The molecular weight excluding hydrogens is 292 g/mol. The normalized spacial score (nSPS) is 11.7. The zero-order chi connectivity index (χ0) is 15.0. The maximum Gasteiger partial charge on any atom is 0.263 e. The van der Waals surface area contributed by atoms with Gasteiger partial charge in [-0.25, -0.2) is 12.9 Å². The second kappa shape index (κ2) is 4.70. The Labute approximate surface area is 120 Å². The van der Waals surface area contributed by atoms with Crippen LogP contribution in [0.3, 0.4) is 0 Å². The maximum absolute atomic E-state index is 12.3. The lowest BCUT2D eigenvalue weighted by molar-refractivity contribution is 0.600. The van der Waals surface area contributed by atoms with Gasteiger partial charge in [0.2, 0.25) is 5.95 Å². The molecule has 0 aliphatic rings. The molecule has 3 N–H and O–H groups in total. The highest BCUT2D eigenvalue weighted by Crippen LogP contribution is 2.18. The average molecular weight is 304 g/mol. The second-order valence-electron chi connectivity index (χ2n) is 4.38. The highest BCUT2D eigenvalue weighted by molar-refractivity contribution is 7.92. The summed E-state index contributed by atoms with van der Waals surface area (Å²) in [6.45, 7) is 1.63. The van der Waals surface area contributed by atoms with Gasteiger partial charge in [-0.15, -0.1) is 5.10 Å². The number of hydrogen-bond acceptors (Lipinski definition) is 6. The molecule has 0 amide bonds. The summed E-state index contributed by atoms with van der Waals surface area (Å²) in [6, 6.07) is 6.28. The van der Waals surface area contributed by atoms with E-state index in [9.17, 15) is 8.42 Å². The molecule has 0 aliphatic heterocycles. The van der Waals surface area contributed by atoms with E-state index in [1.807, 2.05) is 0 Å². The van der Waals surface area contributed by atoms with Gasteiger partial charge in [0, 0.05) is 6.20 Å². The molecule has 0 radical (unpaired) electrons. The Hall–Kier alpha value is -2.68. The van der Waals surface area contributed by atoms with Gasteiger partial charge < -0.3 is 5.73 Å². The lowest BCUT2D eigenvalue weighted by Gasteiger charge is -2.09. The molecule has 108 valence electrons. The molecule has 3 heterocycles. The third-order valence-electron chi connectivity index (χ3n) is 2.85. The van der Waals surface area contributed by atoms with Gasteiger partial charge in [0.25, 0.3) is 10.0 Å². The van der Waals surface area contributed by atoms with Crippen LogP contribution in [0.15, 0.2) is 41.6 Å². The van der Waals surface area contributed by atoms with Crippen LogP contribution in [0.4, 0.5) is 11.6 Å². The summed E-state index contributed by atoms with van der Waals surface area (Å²) in [4.78, 5) is 8.07. The van der Waals surface area contributed by atoms with Gasteiger partial charge >= 0.3 is 0 Å². The van der Waals surface area contributed by atoms with Gasteiger partial charge in [0.05, 0.1) is 17.6 Å². The number of nitrogens with one attached hydrogen (secondary N) is 1. The molecule has 0 spiro atoms. The van der Waals surface area contributed by atoms with Gasteiger partial charge in [0.1, 0.15) is 4.90 Å². The number of nitrogen functional groups attached to an aromatic ring is 1. The molecule has 3 rings (SSSR count). The van der Waals surface area contributed by atoms with E-state index in [1.54, 1.807) is 31.3 Å². The monoisotopic (exact) mass is 304 g/mol. The maximum atomic E-state index is 12.3. The Kier molecular flexibility index (Phi) is 2.98. The third-order valence-corrected chi connectivity index (χ3v) is 4.36. The van der Waals surface area contributed by atoms with Crippen LogP contribution in [0.1, 0.15) is 5.69 Å². The Morgan fingerprint density at radius 2 is 2.10 bits per heavy atom. The molecule has 0 aromatic carbocycles. The lowest BCUT2D eigenvalue weighted by Crippen LogP contribution is -2.15. The van der Waals surface area contributed by atoms with Crippen LogP contribution >= 0.6 is 0 Å². The van der Waals surface area contributed by atoms with Gasteiger partial charge in [-0.1, -0.05) is 0 Å². The van der Waals surface area contributed by atoms with Crippen molar-refractivity contribution < 1.29 is 8.42 Å². The fourth-order valence-corrected chi connectivity index (χ4v) is 3.16. The number of sulfonamides is 1. The Morgan fingerprint density at radius 3 is 2.86 bits per heavy atom. The van der Waals surface area contributed by atoms with Crippen LogP contribution in [-0.4, -0.2) is 28.0 Å². The van der Waals surface area contributed by atoms with Gasteiger partial charge in [-0.3, -0.25) is 9.71 Å². The van der Waals surface area contributed by atoms with Crippen molar-refractivity contribution in [1.29, 1.82) is 0 Å². The molecule has 0 fully saturated rings. The highest BCUT2D eigenvalue weighted by Gasteiger charge is 2.17. The largest absolute Gasteiger partial charge is 0.366 e. The predicted molar refractivity (Wildman–Crippen MR) is 77.2 cm³/mol. The first-order chi connectivity index (χ1) is 9.95. The molecule has 0 bridgehead atoms. The molecule has 21 heavy (non-hydrogen) atoms. The summed E-state index contributed by atoms with van der Waals surface area (Å²) in [7, 11) is -3.71. The van der Waals surface area contributed by atoms with Crippen LogP contribution in [-0.2, 0) is 10.0 Å². The van der Waals surface area contributed by atoms with E-state index >= 15 is 0 Å². The van der Waals surface area contributed by atoms with Gasteiger partial charge in [-0.05, 0) is 31.2 Å². The van der Waals surface area contributed by atoms with Crippen molar-refractivity contribution >= 4 is 27.3 Å². The van der Waals surface area contributed by atoms with Crippen LogP contribution < -0.4 is 10.5 Å². The van der Waals surface area contributed by atoms with E-state index in [0.717, 1.165) is 0 Å². The van der Waals surface area contributed by atoms with Crippen LogP contribution in [0.25, 0.3) is 5.65 Å². The molecule has 3 aromatic rings. The average Bonchev–Trinajstić information content (AvgIpc) is 2.78. The zero-order valence-electron chi connectivity index (χ0n) is 11.1. The predicted octanol–water partition coefficient (Wildman–Crippen LogP) is 0.816. The first-order valence-corrected chi connectivity index (χ1v) is 7.50. The highest BCUT2D eigenvalue weighted by atomic mass is 32.2. The van der Waals surface area contributed by atoms with E-state index in [2.05, 4.69) is 19.8 Å². The molecule has 0 saturated heterocycles. The Bertz CT molecular complexity index is 918. The smallest absolute Gasteiger partial charge is 0.263 e. The lowest BCUT2D eigenvalue weighted by atomic mass is 10.4. The molecule has 0 atom stereocenters. The minimum Gasteiger partial charge on any atom is -0.366 e. The fourth-order valence-electron chi connectivity index (χ4n) is 1.92. The van der Waals surface area contributed by atoms with E-state index in [4.69, 9.17) is 5.73 Å². The minimum absolute atomic E-state index is 0.123. The second-order valence-corrected chi connectivity index (χ2v) is 6.03. The van der Waals surface area contributed by atoms with Crippen molar-refractivity contribution in [3.05, 3.63) is 42.4 Å². The van der Waals surface area contributed by atoms with Gasteiger partial charge in [-0.2, -0.15) is 4.98 Å².